The van der Waals surface area contributed by atoms with E-state index >= 15 is 0 Å². The average molecular weight is 302 g/mol. The lowest BCUT2D eigenvalue weighted by Crippen LogP contribution is -1.98. The van der Waals surface area contributed by atoms with Gasteiger partial charge in [-0.15, -0.1) is 0 Å². The molecule has 0 spiro atoms. The number of nitrogens with one attached hydrogen (secondary N) is 1. The number of aromatic nitrogens is 2. The van der Waals surface area contributed by atoms with Gasteiger partial charge in [0, 0.05) is 17.5 Å². The molecule has 1 aromatic carbocycles. The Labute approximate surface area is 135 Å². The minimum atomic E-state index is 0.546. The fraction of sp³-hybridized carbons (Fsp3) is 0.0526. The van der Waals surface area contributed by atoms with Gasteiger partial charge in [0.25, 0.3) is 0 Å². The molecule has 3 aromatic rings. The molecule has 0 aliphatic carbocycles. The summed E-state index contributed by atoms with van der Waals surface area (Å²) in [6.45, 7) is 5.81. The summed E-state index contributed by atoms with van der Waals surface area (Å²) in [7, 11) is 0. The summed E-state index contributed by atoms with van der Waals surface area (Å²) in [6.07, 6.45) is 1.78. The molecule has 4 heteroatoms. The maximum atomic E-state index is 5.77. The number of pyridine rings is 2. The van der Waals surface area contributed by atoms with Crippen LogP contribution in [0.5, 0.6) is 0 Å². The van der Waals surface area contributed by atoms with Crippen LogP contribution in [-0.2, 0) is 0 Å². The zero-order chi connectivity index (χ0) is 16.2. The zero-order valence-electron chi connectivity index (χ0n) is 13.0. The lowest BCUT2D eigenvalue weighted by molar-refractivity contribution is 1.24. The standard InChI is InChI=1S/C19H18N4/c1-13-9-10-21-19(11-13)23-18-8-4-7-17(22-18)16-6-3-5-15(12-16)14(2)20/h3-12H,2,20H2,1H3,(H,21,22,23). The molecule has 0 amide bonds. The quantitative estimate of drug-likeness (QED) is 0.760. The monoisotopic (exact) mass is 302 g/mol. The van der Waals surface area contributed by atoms with E-state index in [2.05, 4.69) is 21.9 Å². The Balaban J connectivity index is 1.91. The van der Waals surface area contributed by atoms with Crippen LogP contribution in [0.15, 0.2) is 67.4 Å². The molecule has 23 heavy (non-hydrogen) atoms. The summed E-state index contributed by atoms with van der Waals surface area (Å²) >= 11 is 0. The van der Waals surface area contributed by atoms with Crippen LogP contribution < -0.4 is 11.1 Å². The van der Waals surface area contributed by atoms with Crippen LogP contribution in [-0.4, -0.2) is 9.97 Å². The van der Waals surface area contributed by atoms with Crippen molar-refractivity contribution in [1.29, 1.82) is 0 Å². The molecule has 4 nitrogen and oxygen atoms in total. The van der Waals surface area contributed by atoms with Crippen LogP contribution >= 0.6 is 0 Å². The van der Waals surface area contributed by atoms with Gasteiger partial charge in [-0.25, -0.2) is 9.97 Å². The highest BCUT2D eigenvalue weighted by Gasteiger charge is 2.04. The Bertz CT molecular complexity index is 855. The topological polar surface area (TPSA) is 63.8 Å². The van der Waals surface area contributed by atoms with Gasteiger partial charge < -0.3 is 11.1 Å². The molecule has 3 rings (SSSR count). The Morgan fingerprint density at radius 1 is 1.04 bits per heavy atom. The smallest absolute Gasteiger partial charge is 0.132 e. The normalized spacial score (nSPS) is 10.3. The summed E-state index contributed by atoms with van der Waals surface area (Å²) in [4.78, 5) is 8.94. The van der Waals surface area contributed by atoms with Crippen LogP contribution in [0.4, 0.5) is 11.6 Å². The Kier molecular flexibility index (Phi) is 4.06. The number of hydrogen-bond donors (Lipinski definition) is 2. The number of nitrogens with two attached hydrogens (primary N) is 1. The SMILES string of the molecule is C=C(N)c1cccc(-c2cccc(Nc3cc(C)ccn3)n2)c1. The second kappa shape index (κ2) is 6.32. The molecule has 0 saturated carbocycles. The third-order valence-corrected chi connectivity index (χ3v) is 3.45. The molecule has 114 valence electrons. The number of anilines is 2. The van der Waals surface area contributed by atoms with Gasteiger partial charge in [0.2, 0.25) is 0 Å². The van der Waals surface area contributed by atoms with Crippen molar-refractivity contribution in [3.8, 4) is 11.3 Å². The predicted molar refractivity (Wildman–Crippen MR) is 95.2 cm³/mol. The molecule has 0 saturated heterocycles. The van der Waals surface area contributed by atoms with Crippen LogP contribution in [0.25, 0.3) is 17.0 Å². The predicted octanol–water partition coefficient (Wildman–Crippen LogP) is 4.13. The largest absolute Gasteiger partial charge is 0.399 e. The van der Waals surface area contributed by atoms with Crippen molar-refractivity contribution in [2.24, 2.45) is 5.73 Å². The average Bonchev–Trinajstić information content (AvgIpc) is 2.55. The molecule has 0 fully saturated rings. The minimum absolute atomic E-state index is 0.546. The second-order valence-electron chi connectivity index (χ2n) is 5.36. The van der Waals surface area contributed by atoms with Gasteiger partial charge in [-0.05, 0) is 48.4 Å². The number of nitrogens with zero attached hydrogens (tertiary/aromatic N) is 2. The molecule has 0 atom stereocenters. The molecule has 0 radical (unpaired) electrons. The fourth-order valence-electron chi connectivity index (χ4n) is 2.28. The van der Waals surface area contributed by atoms with E-state index in [0.29, 0.717) is 5.70 Å². The van der Waals surface area contributed by atoms with Gasteiger partial charge >= 0.3 is 0 Å². The number of hydrogen-bond acceptors (Lipinski definition) is 4. The maximum absolute atomic E-state index is 5.77. The molecule has 0 unspecified atom stereocenters. The van der Waals surface area contributed by atoms with Crippen molar-refractivity contribution in [2.75, 3.05) is 5.32 Å². The van der Waals surface area contributed by atoms with E-state index in [4.69, 9.17) is 5.73 Å². The molecule has 2 aromatic heterocycles. The van der Waals surface area contributed by atoms with Crippen molar-refractivity contribution in [3.63, 3.8) is 0 Å². The maximum Gasteiger partial charge on any atom is 0.132 e. The van der Waals surface area contributed by atoms with Crippen molar-refractivity contribution in [2.45, 2.75) is 6.92 Å². The summed E-state index contributed by atoms with van der Waals surface area (Å²) in [6, 6.07) is 17.7. The Hall–Kier alpha value is -3.14. The molecule has 0 aliphatic rings. The van der Waals surface area contributed by atoms with E-state index in [0.717, 1.165) is 34.0 Å². The van der Waals surface area contributed by atoms with E-state index in [1.54, 1.807) is 6.20 Å². The van der Waals surface area contributed by atoms with Crippen molar-refractivity contribution in [1.82, 2.24) is 9.97 Å². The van der Waals surface area contributed by atoms with Crippen molar-refractivity contribution < 1.29 is 0 Å². The van der Waals surface area contributed by atoms with Crippen LogP contribution in [0, 0.1) is 6.92 Å². The van der Waals surface area contributed by atoms with Crippen LogP contribution in [0.2, 0.25) is 0 Å². The first kappa shape index (κ1) is 14.8. The van der Waals surface area contributed by atoms with E-state index < -0.39 is 0 Å². The Morgan fingerprint density at radius 2 is 1.87 bits per heavy atom. The van der Waals surface area contributed by atoms with Gasteiger partial charge in [-0.1, -0.05) is 30.8 Å². The number of rotatable bonds is 4. The van der Waals surface area contributed by atoms with Crippen LogP contribution in [0.3, 0.4) is 0 Å². The van der Waals surface area contributed by atoms with Gasteiger partial charge in [0.05, 0.1) is 5.69 Å². The van der Waals surface area contributed by atoms with E-state index in [9.17, 15) is 0 Å². The van der Waals surface area contributed by atoms with Gasteiger partial charge in [0.1, 0.15) is 11.6 Å². The molecule has 0 bridgehead atoms. The number of aryl methyl sites for hydroxylation is 1. The van der Waals surface area contributed by atoms with Gasteiger partial charge in [0.15, 0.2) is 0 Å². The highest BCUT2D eigenvalue weighted by molar-refractivity contribution is 5.69. The van der Waals surface area contributed by atoms with E-state index in [1.165, 1.54) is 0 Å². The highest BCUT2D eigenvalue weighted by Crippen LogP contribution is 2.22. The van der Waals surface area contributed by atoms with E-state index in [-0.39, 0.29) is 0 Å². The summed E-state index contributed by atoms with van der Waals surface area (Å²) in [5.41, 5.74) is 10.2. The molecule has 2 heterocycles. The molecule has 0 aliphatic heterocycles. The Morgan fingerprint density at radius 3 is 2.65 bits per heavy atom. The van der Waals surface area contributed by atoms with Crippen molar-refractivity contribution in [3.05, 3.63) is 78.5 Å². The van der Waals surface area contributed by atoms with Gasteiger partial charge in [-0.3, -0.25) is 0 Å². The number of benzene rings is 1. The first-order valence-corrected chi connectivity index (χ1v) is 7.34. The van der Waals surface area contributed by atoms with E-state index in [1.807, 2.05) is 61.5 Å². The molecule has 3 N–H and O–H groups in total. The van der Waals surface area contributed by atoms with Crippen molar-refractivity contribution >= 4 is 17.3 Å². The molecular weight excluding hydrogens is 284 g/mol. The fourth-order valence-corrected chi connectivity index (χ4v) is 2.28. The first-order valence-electron chi connectivity index (χ1n) is 7.34. The summed E-state index contributed by atoms with van der Waals surface area (Å²) in [5, 5.41) is 3.23. The van der Waals surface area contributed by atoms with Crippen LogP contribution in [0.1, 0.15) is 11.1 Å². The second-order valence-corrected chi connectivity index (χ2v) is 5.36. The lowest BCUT2D eigenvalue weighted by atomic mass is 10.1. The third kappa shape index (κ3) is 3.55. The third-order valence-electron chi connectivity index (χ3n) is 3.45. The summed E-state index contributed by atoms with van der Waals surface area (Å²) in [5.74, 6) is 1.52. The van der Waals surface area contributed by atoms with Gasteiger partial charge in [-0.2, -0.15) is 0 Å². The minimum Gasteiger partial charge on any atom is -0.399 e. The highest BCUT2D eigenvalue weighted by atomic mass is 15.1. The summed E-state index contributed by atoms with van der Waals surface area (Å²) < 4.78 is 0. The molecular formula is C19H18N4. The zero-order valence-corrected chi connectivity index (χ0v) is 13.0. The first-order chi connectivity index (χ1) is 11.1. The lowest BCUT2D eigenvalue weighted by Gasteiger charge is -2.08.